The van der Waals surface area contributed by atoms with Crippen molar-refractivity contribution < 1.29 is 4.79 Å². The molecule has 0 saturated heterocycles. The quantitative estimate of drug-likeness (QED) is 0.506. The highest BCUT2D eigenvalue weighted by molar-refractivity contribution is 8.26. The molecule has 27 heavy (non-hydrogen) atoms. The molecule has 1 aliphatic heterocycles. The standard InChI is InChI=1S/C18H19N7OS/c19-18(26)27-10-7-17(24-27)23-14-3-1-13(2-4-14)22-16-6-5-15(11-21-16)25-9-8-20-12-25/h1-6,8-12,17,23-24H,7H2,(H2,19,26)(H,21,22). The summed E-state index contributed by atoms with van der Waals surface area (Å²) in [4.78, 5) is 19.7. The monoisotopic (exact) mass is 381 g/mol. The summed E-state index contributed by atoms with van der Waals surface area (Å²) in [6.07, 6.45) is 7.89. The molecule has 2 unspecified atom stereocenters. The molecule has 3 aromatic rings. The first-order valence-electron chi connectivity index (χ1n) is 8.37. The van der Waals surface area contributed by atoms with Crippen molar-refractivity contribution in [2.45, 2.75) is 12.6 Å². The molecular weight excluding hydrogens is 362 g/mol. The third kappa shape index (κ3) is 4.15. The summed E-state index contributed by atoms with van der Waals surface area (Å²) in [5, 5.41) is 8.20. The first kappa shape index (κ1) is 17.3. The highest BCUT2D eigenvalue weighted by Crippen LogP contribution is 2.21. The fourth-order valence-electron chi connectivity index (χ4n) is 2.69. The molecule has 9 heteroatoms. The Labute approximate surface area is 158 Å². The van der Waals surface area contributed by atoms with Crippen LogP contribution in [-0.4, -0.2) is 31.3 Å². The fourth-order valence-corrected chi connectivity index (χ4v) is 3.92. The summed E-state index contributed by atoms with van der Waals surface area (Å²) in [6, 6.07) is 11.8. The zero-order valence-corrected chi connectivity index (χ0v) is 15.2. The summed E-state index contributed by atoms with van der Waals surface area (Å²) < 4.78 is 5.06. The minimum atomic E-state index is -0.652. The Kier molecular flexibility index (Phi) is 4.86. The van der Waals surface area contributed by atoms with Gasteiger partial charge in [0.25, 0.3) is 5.24 Å². The van der Waals surface area contributed by atoms with Crippen LogP contribution in [0.15, 0.2) is 61.3 Å². The lowest BCUT2D eigenvalue weighted by Gasteiger charge is -2.16. The maximum atomic E-state index is 11.2. The van der Waals surface area contributed by atoms with Crippen molar-refractivity contribution in [2.24, 2.45) is 5.73 Å². The van der Waals surface area contributed by atoms with Gasteiger partial charge in [-0.15, -0.1) is 0 Å². The van der Waals surface area contributed by atoms with Crippen LogP contribution in [0, 0.1) is 0 Å². The zero-order chi connectivity index (χ0) is 18.6. The number of nitrogens with two attached hydrogens (primary N) is 1. The molecule has 3 heterocycles. The van der Waals surface area contributed by atoms with Gasteiger partial charge in [0, 0.05) is 30.2 Å². The number of amides is 1. The lowest BCUT2D eigenvalue weighted by Crippen LogP contribution is -2.30. The highest BCUT2D eigenvalue weighted by Gasteiger charge is 2.17. The van der Waals surface area contributed by atoms with E-state index in [2.05, 4.69) is 25.3 Å². The van der Waals surface area contributed by atoms with Gasteiger partial charge in [-0.1, -0.05) is 0 Å². The minimum Gasteiger partial charge on any atom is -0.369 e. The van der Waals surface area contributed by atoms with Gasteiger partial charge in [-0.2, -0.15) is 0 Å². The van der Waals surface area contributed by atoms with Crippen LogP contribution in [0.2, 0.25) is 0 Å². The average molecular weight is 381 g/mol. The molecule has 4 rings (SSSR count). The van der Waals surface area contributed by atoms with Gasteiger partial charge in [-0.25, -0.2) is 14.7 Å². The average Bonchev–Trinajstić information content (AvgIpc) is 3.36. The van der Waals surface area contributed by atoms with Gasteiger partial charge in [0.1, 0.15) is 5.82 Å². The second kappa shape index (κ2) is 7.60. The summed E-state index contributed by atoms with van der Waals surface area (Å²) in [5.41, 5.74) is 8.17. The van der Waals surface area contributed by atoms with Crippen molar-refractivity contribution in [1.82, 2.24) is 19.3 Å². The zero-order valence-electron chi connectivity index (χ0n) is 14.4. The Bertz CT molecular complexity index is 952. The molecule has 0 bridgehead atoms. The smallest absolute Gasteiger partial charge is 0.284 e. The van der Waals surface area contributed by atoms with Crippen molar-refractivity contribution in [3.8, 4) is 5.69 Å². The number of nitrogens with one attached hydrogen (secondary N) is 3. The summed E-state index contributed by atoms with van der Waals surface area (Å²) in [7, 11) is -0.652. The van der Waals surface area contributed by atoms with Gasteiger partial charge in [-0.05, 0) is 52.4 Å². The number of aromatic nitrogens is 3. The number of carbonyl (C=O) groups excluding carboxylic acids is 1. The van der Waals surface area contributed by atoms with E-state index in [1.165, 1.54) is 0 Å². The number of imidazole rings is 1. The van der Waals surface area contributed by atoms with E-state index in [4.69, 9.17) is 5.73 Å². The van der Waals surface area contributed by atoms with E-state index in [-0.39, 0.29) is 11.4 Å². The van der Waals surface area contributed by atoms with E-state index in [9.17, 15) is 4.79 Å². The highest BCUT2D eigenvalue weighted by atomic mass is 32.2. The number of rotatable bonds is 5. The number of hydrogen-bond acceptors (Lipinski definition) is 6. The Balaban J connectivity index is 1.35. The molecule has 138 valence electrons. The predicted molar refractivity (Wildman–Crippen MR) is 109 cm³/mol. The molecule has 0 spiro atoms. The normalized spacial score (nSPS) is 18.7. The Morgan fingerprint density at radius 2 is 2.04 bits per heavy atom. The van der Waals surface area contributed by atoms with Crippen molar-refractivity contribution in [1.29, 1.82) is 0 Å². The molecule has 1 amide bonds. The SMILES string of the molecule is NC(=O)S1=CCC(Nc2ccc(Nc3ccc(-n4ccnc4)cn3)cc2)N1. The van der Waals surface area contributed by atoms with Gasteiger partial charge in [0.05, 0.1) is 24.4 Å². The molecule has 1 aliphatic rings. The second-order valence-electron chi connectivity index (χ2n) is 5.95. The van der Waals surface area contributed by atoms with Gasteiger partial charge >= 0.3 is 0 Å². The maximum Gasteiger partial charge on any atom is 0.284 e. The number of benzene rings is 1. The molecule has 2 atom stereocenters. The van der Waals surface area contributed by atoms with Gasteiger partial charge in [0.15, 0.2) is 0 Å². The Morgan fingerprint density at radius 1 is 1.22 bits per heavy atom. The van der Waals surface area contributed by atoms with E-state index in [0.717, 1.165) is 29.3 Å². The van der Waals surface area contributed by atoms with E-state index in [1.54, 1.807) is 18.7 Å². The molecular formula is C18H19N7OS. The van der Waals surface area contributed by atoms with Crippen LogP contribution in [0.25, 0.3) is 5.69 Å². The number of anilines is 3. The first-order chi connectivity index (χ1) is 13.2. The van der Waals surface area contributed by atoms with Crippen LogP contribution in [0.3, 0.4) is 0 Å². The molecule has 5 N–H and O–H groups in total. The first-order valence-corrected chi connectivity index (χ1v) is 9.66. The lowest BCUT2D eigenvalue weighted by atomic mass is 10.2. The van der Waals surface area contributed by atoms with Gasteiger partial charge in [-0.3, -0.25) is 4.79 Å². The molecule has 8 nitrogen and oxygen atoms in total. The van der Waals surface area contributed by atoms with Crippen LogP contribution in [0.4, 0.5) is 22.0 Å². The van der Waals surface area contributed by atoms with Crippen LogP contribution < -0.4 is 21.1 Å². The molecule has 0 saturated carbocycles. The van der Waals surface area contributed by atoms with Crippen LogP contribution in [-0.2, 0) is 0 Å². The van der Waals surface area contributed by atoms with Crippen molar-refractivity contribution in [3.63, 3.8) is 0 Å². The molecule has 0 fully saturated rings. The van der Waals surface area contributed by atoms with E-state index in [0.29, 0.717) is 0 Å². The summed E-state index contributed by atoms with van der Waals surface area (Å²) in [5.74, 6) is 0.761. The van der Waals surface area contributed by atoms with Gasteiger partial charge in [0.2, 0.25) is 0 Å². The third-order valence-corrected chi connectivity index (χ3v) is 5.53. The Hall–Kier alpha value is -3.17. The largest absolute Gasteiger partial charge is 0.369 e. The van der Waals surface area contributed by atoms with Crippen molar-refractivity contribution in [3.05, 3.63) is 61.3 Å². The number of carbonyl (C=O) groups is 1. The summed E-state index contributed by atoms with van der Waals surface area (Å²) >= 11 is 0. The van der Waals surface area contributed by atoms with Crippen LogP contribution in [0.1, 0.15) is 6.42 Å². The van der Waals surface area contributed by atoms with Gasteiger partial charge < -0.3 is 20.9 Å². The molecule has 1 aromatic carbocycles. The van der Waals surface area contributed by atoms with Crippen LogP contribution >= 0.6 is 10.7 Å². The maximum absolute atomic E-state index is 11.2. The van der Waals surface area contributed by atoms with Crippen LogP contribution in [0.5, 0.6) is 0 Å². The fraction of sp³-hybridized carbons (Fsp3) is 0.111. The Morgan fingerprint density at radius 3 is 2.67 bits per heavy atom. The second-order valence-corrected chi connectivity index (χ2v) is 7.59. The number of primary amides is 1. The summed E-state index contributed by atoms with van der Waals surface area (Å²) in [6.45, 7) is 0. The topological polar surface area (TPSA) is 110 Å². The third-order valence-electron chi connectivity index (χ3n) is 4.03. The predicted octanol–water partition coefficient (Wildman–Crippen LogP) is 2.81. The molecule has 2 aromatic heterocycles. The number of hydrogen-bond donors (Lipinski definition) is 4. The van der Waals surface area contributed by atoms with Crippen molar-refractivity contribution in [2.75, 3.05) is 10.6 Å². The van der Waals surface area contributed by atoms with Crippen molar-refractivity contribution >= 4 is 38.5 Å². The minimum absolute atomic E-state index is 0.0111. The van der Waals surface area contributed by atoms with E-state index >= 15 is 0 Å². The van der Waals surface area contributed by atoms with E-state index in [1.807, 2.05) is 52.5 Å². The number of nitrogens with zero attached hydrogens (tertiary/aromatic N) is 3. The number of pyridine rings is 1. The van der Waals surface area contributed by atoms with E-state index < -0.39 is 10.7 Å². The molecule has 0 aliphatic carbocycles. The lowest BCUT2D eigenvalue weighted by molar-refractivity contribution is 0.267. The molecule has 0 radical (unpaired) electrons.